The van der Waals surface area contributed by atoms with Crippen LogP contribution in [0, 0.1) is 5.92 Å². The van der Waals surface area contributed by atoms with Gasteiger partial charge in [0.2, 0.25) is 0 Å². The molecule has 0 bridgehead atoms. The molecule has 0 fully saturated rings. The summed E-state index contributed by atoms with van der Waals surface area (Å²) < 4.78 is 0. The molecule has 0 radical (unpaired) electrons. The van der Waals surface area contributed by atoms with E-state index in [2.05, 4.69) is 20.8 Å². The number of aromatic nitrogens is 2. The highest BCUT2D eigenvalue weighted by atomic mass is 16.3. The van der Waals surface area contributed by atoms with Crippen LogP contribution in [0.2, 0.25) is 0 Å². The number of carbonyl (C=O) groups is 1. The van der Waals surface area contributed by atoms with Gasteiger partial charge in [0.25, 0.3) is 0 Å². The number of hydrogen-bond donors (Lipinski definition) is 3. The number of urea groups is 1. The highest BCUT2D eigenvalue weighted by Gasteiger charge is 2.16. The average molecular weight is 294 g/mol. The maximum Gasteiger partial charge on any atom is 0.320 e. The molecule has 6 nitrogen and oxygen atoms in total. The van der Waals surface area contributed by atoms with Crippen LogP contribution in [0.4, 0.5) is 10.6 Å². The second kappa shape index (κ2) is 7.36. The van der Waals surface area contributed by atoms with E-state index in [0.29, 0.717) is 18.2 Å². The SMILES string of the molecule is CC(C)CC(O)CNC(=O)Nc1ccc(C(C)(C)C)nn1. The first-order chi connectivity index (χ1) is 9.68. The van der Waals surface area contributed by atoms with Gasteiger partial charge in [-0.2, -0.15) is 5.10 Å². The number of hydrogen-bond acceptors (Lipinski definition) is 4. The lowest BCUT2D eigenvalue weighted by molar-refractivity contribution is 0.148. The molecular weight excluding hydrogens is 268 g/mol. The Bertz CT molecular complexity index is 452. The zero-order valence-corrected chi connectivity index (χ0v) is 13.5. The Labute approximate surface area is 126 Å². The van der Waals surface area contributed by atoms with Gasteiger partial charge in [-0.1, -0.05) is 34.6 Å². The first-order valence-electron chi connectivity index (χ1n) is 7.25. The van der Waals surface area contributed by atoms with Crippen molar-refractivity contribution in [1.82, 2.24) is 15.5 Å². The van der Waals surface area contributed by atoms with Crippen LogP contribution in [-0.4, -0.2) is 34.0 Å². The molecule has 0 aliphatic rings. The van der Waals surface area contributed by atoms with E-state index >= 15 is 0 Å². The van der Waals surface area contributed by atoms with Gasteiger partial charge in [-0.15, -0.1) is 5.10 Å². The minimum Gasteiger partial charge on any atom is -0.391 e. The molecule has 1 atom stereocenters. The maximum absolute atomic E-state index is 11.7. The van der Waals surface area contributed by atoms with E-state index < -0.39 is 12.1 Å². The minimum atomic E-state index is -0.537. The summed E-state index contributed by atoms with van der Waals surface area (Å²) in [5.41, 5.74) is 0.787. The van der Waals surface area contributed by atoms with Crippen LogP contribution in [-0.2, 0) is 5.41 Å². The molecule has 21 heavy (non-hydrogen) atoms. The van der Waals surface area contributed by atoms with E-state index in [9.17, 15) is 9.90 Å². The minimum absolute atomic E-state index is 0.0747. The van der Waals surface area contributed by atoms with Gasteiger partial charge in [0, 0.05) is 12.0 Å². The molecule has 1 unspecified atom stereocenters. The van der Waals surface area contributed by atoms with Crippen LogP contribution in [0.1, 0.15) is 46.7 Å². The van der Waals surface area contributed by atoms with Gasteiger partial charge in [-0.25, -0.2) is 4.79 Å². The topological polar surface area (TPSA) is 87.1 Å². The molecule has 1 aromatic heterocycles. The number of aliphatic hydroxyl groups excluding tert-OH is 1. The van der Waals surface area contributed by atoms with Gasteiger partial charge < -0.3 is 10.4 Å². The molecule has 0 aromatic carbocycles. The predicted octanol–water partition coefficient (Wildman–Crippen LogP) is 2.30. The highest BCUT2D eigenvalue weighted by molar-refractivity contribution is 5.88. The number of anilines is 1. The monoisotopic (exact) mass is 294 g/mol. The molecule has 1 heterocycles. The fraction of sp³-hybridized carbons (Fsp3) is 0.667. The van der Waals surface area contributed by atoms with Crippen LogP contribution >= 0.6 is 0 Å². The Morgan fingerprint density at radius 1 is 1.29 bits per heavy atom. The quantitative estimate of drug-likeness (QED) is 0.777. The van der Waals surface area contributed by atoms with Crippen molar-refractivity contribution < 1.29 is 9.90 Å². The average Bonchev–Trinajstić information content (AvgIpc) is 2.35. The first-order valence-corrected chi connectivity index (χ1v) is 7.25. The standard InChI is InChI=1S/C15H26N4O2/c1-10(2)8-11(20)9-16-14(21)17-13-7-6-12(18-19-13)15(3,4)5/h6-7,10-11,20H,8-9H2,1-5H3,(H2,16,17,19,21). The number of carbonyl (C=O) groups excluding carboxylic acids is 1. The highest BCUT2D eigenvalue weighted by Crippen LogP contribution is 2.19. The molecule has 0 saturated carbocycles. The summed E-state index contributed by atoms with van der Waals surface area (Å²) in [5.74, 6) is 0.777. The van der Waals surface area contributed by atoms with E-state index in [0.717, 1.165) is 5.69 Å². The van der Waals surface area contributed by atoms with Crippen molar-refractivity contribution in [2.75, 3.05) is 11.9 Å². The Hall–Kier alpha value is -1.69. The van der Waals surface area contributed by atoms with Gasteiger partial charge in [-0.05, 0) is 24.5 Å². The Morgan fingerprint density at radius 3 is 2.43 bits per heavy atom. The van der Waals surface area contributed by atoms with Crippen molar-refractivity contribution in [1.29, 1.82) is 0 Å². The molecule has 0 aliphatic carbocycles. The van der Waals surface area contributed by atoms with E-state index in [4.69, 9.17) is 0 Å². The number of rotatable bonds is 5. The summed E-state index contributed by atoms with van der Waals surface area (Å²) in [6.07, 6.45) is 0.116. The zero-order chi connectivity index (χ0) is 16.0. The van der Waals surface area contributed by atoms with Crippen LogP contribution < -0.4 is 10.6 Å². The number of aliphatic hydroxyl groups is 1. The first kappa shape index (κ1) is 17.4. The normalized spacial score (nSPS) is 13.1. The van der Waals surface area contributed by atoms with Gasteiger partial charge in [-0.3, -0.25) is 5.32 Å². The third-order valence-electron chi connectivity index (χ3n) is 2.92. The summed E-state index contributed by atoms with van der Waals surface area (Å²) in [5, 5.41) is 23.0. The smallest absolute Gasteiger partial charge is 0.320 e. The zero-order valence-electron chi connectivity index (χ0n) is 13.5. The summed E-state index contributed by atoms with van der Waals surface area (Å²) in [4.78, 5) is 11.7. The number of nitrogens with zero attached hydrogens (tertiary/aromatic N) is 2. The molecule has 3 N–H and O–H groups in total. The summed E-state index contributed by atoms with van der Waals surface area (Å²) in [6.45, 7) is 10.4. The van der Waals surface area contributed by atoms with Crippen molar-refractivity contribution in [3.05, 3.63) is 17.8 Å². The predicted molar refractivity (Wildman–Crippen MR) is 83.2 cm³/mol. The third kappa shape index (κ3) is 6.53. The number of nitrogens with one attached hydrogen (secondary N) is 2. The van der Waals surface area contributed by atoms with Crippen LogP contribution in [0.25, 0.3) is 0 Å². The Balaban J connectivity index is 2.45. The van der Waals surface area contributed by atoms with Gasteiger partial charge >= 0.3 is 6.03 Å². The van der Waals surface area contributed by atoms with Crippen molar-refractivity contribution in [2.45, 2.75) is 52.6 Å². The van der Waals surface area contributed by atoms with Crippen molar-refractivity contribution in [3.8, 4) is 0 Å². The van der Waals surface area contributed by atoms with Crippen LogP contribution in [0.15, 0.2) is 12.1 Å². The van der Waals surface area contributed by atoms with Crippen LogP contribution in [0.5, 0.6) is 0 Å². The van der Waals surface area contributed by atoms with E-state index in [1.165, 1.54) is 0 Å². The van der Waals surface area contributed by atoms with Gasteiger partial charge in [0.05, 0.1) is 11.8 Å². The van der Waals surface area contributed by atoms with Crippen molar-refractivity contribution in [3.63, 3.8) is 0 Å². The molecule has 2 amide bonds. The van der Waals surface area contributed by atoms with Gasteiger partial charge in [0.15, 0.2) is 5.82 Å². The molecule has 0 aliphatic heterocycles. The van der Waals surface area contributed by atoms with E-state index in [-0.39, 0.29) is 12.0 Å². The molecule has 6 heteroatoms. The number of amides is 2. The Morgan fingerprint density at radius 2 is 1.95 bits per heavy atom. The fourth-order valence-electron chi connectivity index (χ4n) is 1.80. The molecular formula is C15H26N4O2. The second-order valence-corrected chi connectivity index (χ2v) is 6.67. The summed E-state index contributed by atoms with van der Waals surface area (Å²) >= 11 is 0. The lowest BCUT2D eigenvalue weighted by atomic mass is 9.92. The second-order valence-electron chi connectivity index (χ2n) is 6.67. The largest absolute Gasteiger partial charge is 0.391 e. The van der Waals surface area contributed by atoms with E-state index in [1.807, 2.05) is 40.7 Å². The summed E-state index contributed by atoms with van der Waals surface area (Å²) in [7, 11) is 0. The summed E-state index contributed by atoms with van der Waals surface area (Å²) in [6, 6.07) is 3.17. The Kier molecular flexibility index (Phi) is 6.08. The van der Waals surface area contributed by atoms with Crippen molar-refractivity contribution in [2.24, 2.45) is 5.92 Å². The van der Waals surface area contributed by atoms with Gasteiger partial charge in [0.1, 0.15) is 0 Å². The lowest BCUT2D eigenvalue weighted by Crippen LogP contribution is -2.36. The van der Waals surface area contributed by atoms with Crippen molar-refractivity contribution >= 4 is 11.8 Å². The molecule has 0 spiro atoms. The molecule has 118 valence electrons. The lowest BCUT2D eigenvalue weighted by Gasteiger charge is -2.17. The molecule has 1 rings (SSSR count). The fourth-order valence-corrected chi connectivity index (χ4v) is 1.80. The molecule has 1 aromatic rings. The molecule has 0 saturated heterocycles. The third-order valence-corrected chi connectivity index (χ3v) is 2.92. The van der Waals surface area contributed by atoms with E-state index in [1.54, 1.807) is 6.07 Å². The van der Waals surface area contributed by atoms with Crippen LogP contribution in [0.3, 0.4) is 0 Å². The maximum atomic E-state index is 11.7.